The molecule has 0 aromatic rings. The smallest absolute Gasteiger partial charge is 0.156 e. The van der Waals surface area contributed by atoms with Gasteiger partial charge < -0.3 is 4.74 Å². The van der Waals surface area contributed by atoms with Crippen molar-refractivity contribution in [1.29, 1.82) is 0 Å². The van der Waals surface area contributed by atoms with Gasteiger partial charge in [0.15, 0.2) is 6.30 Å². The monoisotopic (exact) mass is 201 g/mol. The number of ether oxygens (including phenoxy) is 1. The lowest BCUT2D eigenvalue weighted by molar-refractivity contribution is -0.0495. The second-order valence-corrected chi connectivity index (χ2v) is 4.42. The molecule has 0 aromatic carbocycles. The van der Waals surface area contributed by atoms with Crippen molar-refractivity contribution in [2.24, 2.45) is 5.92 Å². The zero-order valence-corrected chi connectivity index (χ0v) is 8.75. The number of hydrogen-bond acceptors (Lipinski definition) is 2. The third-order valence-electron chi connectivity index (χ3n) is 3.43. The number of halogens is 1. The van der Waals surface area contributed by atoms with Crippen LogP contribution in [0.4, 0.5) is 4.39 Å². The van der Waals surface area contributed by atoms with Gasteiger partial charge in [0.05, 0.1) is 13.2 Å². The standard InChI is InChI=1S/C11H20FNO/c12-11(10-4-2-1-3-5-10)13-6-8-14-9-7-13/h10-11H,1-9H2. The summed E-state index contributed by atoms with van der Waals surface area (Å²) in [5.41, 5.74) is 0. The fourth-order valence-electron chi connectivity index (χ4n) is 2.53. The van der Waals surface area contributed by atoms with E-state index in [1.54, 1.807) is 0 Å². The molecule has 1 saturated carbocycles. The first-order valence-corrected chi connectivity index (χ1v) is 5.84. The molecule has 0 bridgehead atoms. The third-order valence-corrected chi connectivity index (χ3v) is 3.43. The van der Waals surface area contributed by atoms with Crippen LogP contribution in [-0.2, 0) is 4.74 Å². The van der Waals surface area contributed by atoms with Crippen LogP contribution in [0.15, 0.2) is 0 Å². The third kappa shape index (κ3) is 2.45. The van der Waals surface area contributed by atoms with Gasteiger partial charge in [0.2, 0.25) is 0 Å². The predicted octanol–water partition coefficient (Wildman–Crippen LogP) is 2.19. The van der Waals surface area contributed by atoms with Gasteiger partial charge >= 0.3 is 0 Å². The van der Waals surface area contributed by atoms with E-state index >= 15 is 0 Å². The molecule has 1 aliphatic heterocycles. The van der Waals surface area contributed by atoms with E-state index in [-0.39, 0.29) is 0 Å². The molecule has 0 radical (unpaired) electrons. The zero-order valence-electron chi connectivity index (χ0n) is 8.75. The van der Waals surface area contributed by atoms with Crippen LogP contribution < -0.4 is 0 Å². The van der Waals surface area contributed by atoms with Gasteiger partial charge in [-0.25, -0.2) is 4.39 Å². The maximum Gasteiger partial charge on any atom is 0.156 e. The van der Waals surface area contributed by atoms with Gasteiger partial charge in [-0.2, -0.15) is 0 Å². The zero-order chi connectivity index (χ0) is 9.80. The van der Waals surface area contributed by atoms with Gasteiger partial charge in [0, 0.05) is 19.0 Å². The average Bonchev–Trinajstić information content (AvgIpc) is 2.30. The Balaban J connectivity index is 1.82. The fourth-order valence-corrected chi connectivity index (χ4v) is 2.53. The highest BCUT2D eigenvalue weighted by Crippen LogP contribution is 2.29. The van der Waals surface area contributed by atoms with Crippen molar-refractivity contribution in [3.05, 3.63) is 0 Å². The van der Waals surface area contributed by atoms with E-state index in [9.17, 15) is 4.39 Å². The summed E-state index contributed by atoms with van der Waals surface area (Å²) in [7, 11) is 0. The van der Waals surface area contributed by atoms with Gasteiger partial charge in [-0.1, -0.05) is 19.3 Å². The van der Waals surface area contributed by atoms with Crippen LogP contribution in [0.5, 0.6) is 0 Å². The Labute approximate surface area is 85.4 Å². The van der Waals surface area contributed by atoms with Crippen molar-refractivity contribution in [2.75, 3.05) is 26.3 Å². The van der Waals surface area contributed by atoms with Crippen molar-refractivity contribution < 1.29 is 9.13 Å². The Kier molecular flexibility index (Phi) is 3.76. The van der Waals surface area contributed by atoms with Crippen molar-refractivity contribution in [1.82, 2.24) is 4.90 Å². The second kappa shape index (κ2) is 5.08. The fraction of sp³-hybridized carbons (Fsp3) is 1.00. The van der Waals surface area contributed by atoms with Crippen LogP contribution in [0, 0.1) is 5.92 Å². The van der Waals surface area contributed by atoms with Crippen LogP contribution in [0.3, 0.4) is 0 Å². The SMILES string of the molecule is FC(C1CCCCC1)N1CCOCC1. The van der Waals surface area contributed by atoms with Crippen LogP contribution in [-0.4, -0.2) is 37.5 Å². The molecule has 1 atom stereocenters. The van der Waals surface area contributed by atoms with Gasteiger partial charge in [-0.05, 0) is 12.8 Å². The molecule has 3 heteroatoms. The van der Waals surface area contributed by atoms with Gasteiger partial charge in [0.25, 0.3) is 0 Å². The lowest BCUT2D eigenvalue weighted by Gasteiger charge is -2.35. The minimum atomic E-state index is -0.709. The molecule has 2 nitrogen and oxygen atoms in total. The summed E-state index contributed by atoms with van der Waals surface area (Å²) < 4.78 is 19.3. The lowest BCUT2D eigenvalue weighted by atomic mass is 9.88. The highest BCUT2D eigenvalue weighted by Gasteiger charge is 2.29. The molecule has 2 rings (SSSR count). The molecule has 1 heterocycles. The normalized spacial score (nSPS) is 28.9. The van der Waals surface area contributed by atoms with E-state index in [0.29, 0.717) is 19.1 Å². The largest absolute Gasteiger partial charge is 0.379 e. The van der Waals surface area contributed by atoms with Crippen LogP contribution in [0.25, 0.3) is 0 Å². The van der Waals surface area contributed by atoms with E-state index in [4.69, 9.17) is 4.74 Å². The van der Waals surface area contributed by atoms with Crippen molar-refractivity contribution >= 4 is 0 Å². The highest BCUT2D eigenvalue weighted by atomic mass is 19.1. The topological polar surface area (TPSA) is 12.5 Å². The molecule has 2 aliphatic rings. The summed E-state index contributed by atoms with van der Waals surface area (Å²) in [6.45, 7) is 2.95. The molecule has 0 spiro atoms. The Morgan fingerprint density at radius 1 is 1.07 bits per heavy atom. The van der Waals surface area contributed by atoms with Crippen molar-refractivity contribution in [2.45, 2.75) is 38.4 Å². The van der Waals surface area contributed by atoms with Gasteiger partial charge in [-0.3, -0.25) is 4.90 Å². The van der Waals surface area contributed by atoms with Crippen LogP contribution in [0.1, 0.15) is 32.1 Å². The molecule has 0 amide bonds. The predicted molar refractivity (Wildman–Crippen MR) is 53.9 cm³/mol. The van der Waals surface area contributed by atoms with E-state index < -0.39 is 6.30 Å². The Morgan fingerprint density at radius 2 is 1.71 bits per heavy atom. The summed E-state index contributed by atoms with van der Waals surface area (Å²) in [4.78, 5) is 1.96. The van der Waals surface area contributed by atoms with Gasteiger partial charge in [-0.15, -0.1) is 0 Å². The molecule has 1 aliphatic carbocycles. The maximum atomic E-state index is 14.0. The van der Waals surface area contributed by atoms with E-state index in [0.717, 1.165) is 25.9 Å². The number of alkyl halides is 1. The Bertz CT molecular complexity index is 147. The molecule has 0 aromatic heterocycles. The quantitative estimate of drug-likeness (QED) is 0.635. The van der Waals surface area contributed by atoms with Crippen LogP contribution >= 0.6 is 0 Å². The van der Waals surface area contributed by atoms with Crippen molar-refractivity contribution in [3.63, 3.8) is 0 Å². The van der Waals surface area contributed by atoms with Crippen molar-refractivity contribution in [3.8, 4) is 0 Å². The highest BCUT2D eigenvalue weighted by molar-refractivity contribution is 4.76. The first kappa shape index (κ1) is 10.4. The van der Waals surface area contributed by atoms with E-state index in [1.807, 2.05) is 4.90 Å². The lowest BCUT2D eigenvalue weighted by Crippen LogP contribution is -2.45. The number of morpholine rings is 1. The molecule has 1 unspecified atom stereocenters. The molecular formula is C11H20FNO. The summed E-state index contributed by atoms with van der Waals surface area (Å²) in [5.74, 6) is 0.293. The number of nitrogens with zero attached hydrogens (tertiary/aromatic N) is 1. The summed E-state index contributed by atoms with van der Waals surface area (Å²) in [5, 5.41) is 0. The number of rotatable bonds is 2. The number of hydrogen-bond donors (Lipinski definition) is 0. The van der Waals surface area contributed by atoms with Gasteiger partial charge in [0.1, 0.15) is 0 Å². The summed E-state index contributed by atoms with van der Waals surface area (Å²) in [6, 6.07) is 0. The minimum Gasteiger partial charge on any atom is -0.379 e. The summed E-state index contributed by atoms with van der Waals surface area (Å²) in [6.07, 6.45) is 5.19. The maximum absolute atomic E-state index is 14.0. The Morgan fingerprint density at radius 3 is 2.36 bits per heavy atom. The molecule has 0 N–H and O–H groups in total. The van der Waals surface area contributed by atoms with Crippen LogP contribution in [0.2, 0.25) is 0 Å². The summed E-state index contributed by atoms with van der Waals surface area (Å²) >= 11 is 0. The second-order valence-electron chi connectivity index (χ2n) is 4.42. The first-order chi connectivity index (χ1) is 6.88. The molecule has 1 saturated heterocycles. The minimum absolute atomic E-state index is 0.293. The molecular weight excluding hydrogens is 181 g/mol. The molecule has 2 fully saturated rings. The molecule has 14 heavy (non-hydrogen) atoms. The van der Waals surface area contributed by atoms with E-state index in [1.165, 1.54) is 19.3 Å². The first-order valence-electron chi connectivity index (χ1n) is 5.84. The Hall–Kier alpha value is -0.150. The average molecular weight is 201 g/mol. The van der Waals surface area contributed by atoms with E-state index in [2.05, 4.69) is 0 Å². The molecule has 82 valence electrons.